The fraction of sp³-hybridized carbons (Fsp3) is 0.409. The molecule has 1 aromatic heterocycles. The van der Waals surface area contributed by atoms with E-state index in [-0.39, 0.29) is 12.2 Å². The van der Waals surface area contributed by atoms with Crippen LogP contribution in [0.3, 0.4) is 0 Å². The normalized spacial score (nSPS) is 17.6. The number of amides is 3. The molecule has 2 aliphatic rings. The zero-order valence-electron chi connectivity index (χ0n) is 18.5. The highest BCUT2D eigenvalue weighted by Gasteiger charge is 2.65. The Labute approximate surface area is 194 Å². The number of hydrogen-bond donors (Lipinski definition) is 0. The number of rotatable bonds is 7. The van der Waals surface area contributed by atoms with Crippen LogP contribution in [0.4, 0.5) is 29.3 Å². The Bertz CT molecular complexity index is 1220. The molecule has 0 unspecified atom stereocenters. The first-order valence-electron chi connectivity index (χ1n) is 10.7. The van der Waals surface area contributed by atoms with Crippen molar-refractivity contribution in [1.29, 1.82) is 0 Å². The average Bonchev–Trinajstić information content (AvgIpc) is 3.57. The quantitative estimate of drug-likeness (QED) is 0.543. The van der Waals surface area contributed by atoms with Crippen LogP contribution in [0.25, 0.3) is 0 Å². The number of urea groups is 1. The number of carbonyl (C=O) groups excluding carboxylic acids is 2. The molecule has 182 valence electrons. The standard InChI is InChI=1S/C22H23F3N4O4S/c1-3-27(4-2)18-13-26-12-9-15(18)14-28-20(31)29(19(30)21(28)10-11-21)16-5-7-17(8-6-16)34(32,33)22(23,24)25/h5-9,12-13H,3-4,10-11,14H2,1-2H3. The lowest BCUT2D eigenvalue weighted by Gasteiger charge is -2.27. The second kappa shape index (κ2) is 8.26. The van der Waals surface area contributed by atoms with Gasteiger partial charge in [0, 0.05) is 19.3 Å². The van der Waals surface area contributed by atoms with Crippen molar-refractivity contribution in [1.82, 2.24) is 9.88 Å². The van der Waals surface area contributed by atoms with Crippen molar-refractivity contribution in [2.45, 2.75) is 49.2 Å². The summed E-state index contributed by atoms with van der Waals surface area (Å²) in [4.78, 5) is 34.3. The highest BCUT2D eigenvalue weighted by Crippen LogP contribution is 2.50. The number of hydrogen-bond acceptors (Lipinski definition) is 6. The number of alkyl halides is 3. The number of anilines is 2. The van der Waals surface area contributed by atoms with Gasteiger partial charge in [0.05, 0.1) is 29.0 Å². The lowest BCUT2D eigenvalue weighted by molar-refractivity contribution is -0.120. The van der Waals surface area contributed by atoms with E-state index >= 15 is 0 Å². The van der Waals surface area contributed by atoms with Gasteiger partial charge in [-0.1, -0.05) is 0 Å². The van der Waals surface area contributed by atoms with Crippen LogP contribution in [0.5, 0.6) is 0 Å². The highest BCUT2D eigenvalue weighted by molar-refractivity contribution is 7.92. The fourth-order valence-corrected chi connectivity index (χ4v) is 5.00. The summed E-state index contributed by atoms with van der Waals surface area (Å²) in [6.07, 6.45) is 4.27. The first-order valence-corrected chi connectivity index (χ1v) is 12.2. The molecule has 0 radical (unpaired) electrons. The molecule has 12 heteroatoms. The van der Waals surface area contributed by atoms with E-state index in [2.05, 4.69) is 9.88 Å². The molecule has 2 aromatic rings. The predicted molar refractivity (Wildman–Crippen MR) is 118 cm³/mol. The van der Waals surface area contributed by atoms with Crippen molar-refractivity contribution < 1.29 is 31.2 Å². The van der Waals surface area contributed by atoms with E-state index in [0.29, 0.717) is 12.8 Å². The van der Waals surface area contributed by atoms with Gasteiger partial charge in [-0.25, -0.2) is 18.1 Å². The second-order valence-electron chi connectivity index (χ2n) is 8.16. The van der Waals surface area contributed by atoms with Crippen LogP contribution >= 0.6 is 0 Å². The van der Waals surface area contributed by atoms with Crippen LogP contribution in [0.1, 0.15) is 32.3 Å². The Balaban J connectivity index is 1.65. The summed E-state index contributed by atoms with van der Waals surface area (Å²) < 4.78 is 61.8. The molecule has 0 N–H and O–H groups in total. The molecule has 2 heterocycles. The van der Waals surface area contributed by atoms with E-state index in [9.17, 15) is 31.2 Å². The minimum absolute atomic E-state index is 0.0172. The third kappa shape index (κ3) is 3.69. The number of sulfone groups is 1. The molecular formula is C22H23F3N4O4S. The summed E-state index contributed by atoms with van der Waals surface area (Å²) in [5.41, 5.74) is -4.76. The Kier molecular flexibility index (Phi) is 5.83. The zero-order valence-corrected chi connectivity index (χ0v) is 19.4. The minimum Gasteiger partial charge on any atom is -0.371 e. The number of pyridine rings is 1. The molecule has 1 saturated heterocycles. The van der Waals surface area contributed by atoms with E-state index in [1.54, 1.807) is 18.5 Å². The minimum atomic E-state index is -5.53. The van der Waals surface area contributed by atoms with Gasteiger partial charge < -0.3 is 9.80 Å². The van der Waals surface area contributed by atoms with Crippen molar-refractivity contribution in [3.8, 4) is 0 Å². The summed E-state index contributed by atoms with van der Waals surface area (Å²) in [5.74, 6) is -0.470. The third-order valence-electron chi connectivity index (χ3n) is 6.29. The Morgan fingerprint density at radius 1 is 1.06 bits per heavy atom. The van der Waals surface area contributed by atoms with E-state index in [1.165, 1.54) is 4.90 Å². The van der Waals surface area contributed by atoms with Crippen LogP contribution in [-0.4, -0.2) is 54.4 Å². The molecule has 1 aliphatic heterocycles. The molecule has 2 fully saturated rings. The van der Waals surface area contributed by atoms with Crippen molar-refractivity contribution in [2.75, 3.05) is 22.9 Å². The van der Waals surface area contributed by atoms with Gasteiger partial charge in [-0.3, -0.25) is 9.78 Å². The second-order valence-corrected chi connectivity index (χ2v) is 10.1. The van der Waals surface area contributed by atoms with Crippen molar-refractivity contribution >= 4 is 33.2 Å². The summed E-state index contributed by atoms with van der Waals surface area (Å²) in [6.45, 7) is 5.62. The largest absolute Gasteiger partial charge is 0.501 e. The molecule has 3 amide bonds. The van der Waals surface area contributed by atoms with Crippen molar-refractivity contribution in [2.24, 2.45) is 0 Å². The molecule has 0 atom stereocenters. The molecule has 1 aliphatic carbocycles. The van der Waals surface area contributed by atoms with Gasteiger partial charge >= 0.3 is 11.5 Å². The third-order valence-corrected chi connectivity index (χ3v) is 7.80. The topological polar surface area (TPSA) is 90.9 Å². The van der Waals surface area contributed by atoms with Crippen LogP contribution in [0.2, 0.25) is 0 Å². The maximum Gasteiger partial charge on any atom is 0.501 e. The van der Waals surface area contributed by atoms with Crippen LogP contribution in [0.15, 0.2) is 47.6 Å². The lowest BCUT2D eigenvalue weighted by Crippen LogP contribution is -2.37. The van der Waals surface area contributed by atoms with Crippen molar-refractivity contribution in [3.63, 3.8) is 0 Å². The van der Waals surface area contributed by atoms with E-state index in [1.807, 2.05) is 13.8 Å². The maximum absolute atomic E-state index is 13.3. The van der Waals surface area contributed by atoms with Gasteiger partial charge in [-0.2, -0.15) is 13.2 Å². The Morgan fingerprint density at radius 2 is 1.68 bits per heavy atom. The summed E-state index contributed by atoms with van der Waals surface area (Å²) in [7, 11) is -5.53. The smallest absolute Gasteiger partial charge is 0.371 e. The van der Waals surface area contributed by atoms with Gasteiger partial charge in [0.15, 0.2) is 0 Å². The molecule has 0 bridgehead atoms. The molecule has 1 aromatic carbocycles. The molecule has 8 nitrogen and oxygen atoms in total. The van der Waals surface area contributed by atoms with E-state index in [0.717, 1.165) is 53.5 Å². The molecular weight excluding hydrogens is 473 g/mol. The molecule has 1 saturated carbocycles. The number of carbonyl (C=O) groups is 2. The lowest BCUT2D eigenvalue weighted by atomic mass is 10.1. The van der Waals surface area contributed by atoms with E-state index in [4.69, 9.17) is 0 Å². The zero-order chi connectivity index (χ0) is 24.9. The van der Waals surface area contributed by atoms with Gasteiger partial charge in [0.1, 0.15) is 5.54 Å². The van der Waals surface area contributed by atoms with Crippen LogP contribution < -0.4 is 9.80 Å². The van der Waals surface area contributed by atoms with Gasteiger partial charge in [-0.05, 0) is 62.6 Å². The van der Waals surface area contributed by atoms with Crippen LogP contribution in [-0.2, 0) is 21.2 Å². The van der Waals surface area contributed by atoms with Gasteiger partial charge in [0.25, 0.3) is 15.7 Å². The summed E-state index contributed by atoms with van der Waals surface area (Å²) >= 11 is 0. The number of aromatic nitrogens is 1. The van der Waals surface area contributed by atoms with Gasteiger partial charge in [0.2, 0.25) is 0 Å². The summed E-state index contributed by atoms with van der Waals surface area (Å²) in [5, 5.41) is 0. The predicted octanol–water partition coefficient (Wildman–Crippen LogP) is 3.72. The molecule has 34 heavy (non-hydrogen) atoms. The summed E-state index contributed by atoms with van der Waals surface area (Å²) in [6, 6.07) is 4.78. The number of nitrogens with zero attached hydrogens (tertiary/aromatic N) is 4. The molecule has 1 spiro atoms. The monoisotopic (exact) mass is 496 g/mol. The number of halogens is 3. The van der Waals surface area contributed by atoms with Crippen molar-refractivity contribution in [3.05, 3.63) is 48.3 Å². The first kappa shape index (κ1) is 24.0. The highest BCUT2D eigenvalue weighted by atomic mass is 32.2. The van der Waals surface area contributed by atoms with Crippen LogP contribution in [0, 0.1) is 0 Å². The molecule has 4 rings (SSSR count). The van der Waals surface area contributed by atoms with E-state index < -0.39 is 37.7 Å². The van der Waals surface area contributed by atoms with Gasteiger partial charge in [-0.15, -0.1) is 0 Å². The Morgan fingerprint density at radius 3 is 2.21 bits per heavy atom. The first-order chi connectivity index (χ1) is 16.0. The Hall–Kier alpha value is -3.15. The number of imide groups is 1. The fourth-order valence-electron chi connectivity index (χ4n) is 4.24. The SMILES string of the molecule is CCN(CC)c1cnccc1CN1C(=O)N(c2ccc(S(=O)(=O)C(F)(F)F)cc2)C(=O)C12CC2. The maximum atomic E-state index is 13.3. The number of benzene rings is 1. The average molecular weight is 497 g/mol.